The predicted octanol–water partition coefficient (Wildman–Crippen LogP) is 5.82. The Bertz CT molecular complexity index is 955. The lowest BCUT2D eigenvalue weighted by Crippen LogP contribution is -2.33. The number of benzene rings is 1. The smallest absolute Gasteiger partial charge is 0.311 e. The number of aryl methyl sites for hydroxylation is 2. The highest BCUT2D eigenvalue weighted by molar-refractivity contribution is 5.91. The van der Waals surface area contributed by atoms with Crippen LogP contribution < -0.4 is 5.32 Å². The van der Waals surface area contributed by atoms with Crippen LogP contribution in [0.15, 0.2) is 24.3 Å². The summed E-state index contributed by atoms with van der Waals surface area (Å²) in [6.07, 6.45) is -4.24. The van der Waals surface area contributed by atoms with Crippen LogP contribution in [0.1, 0.15) is 53.9 Å². The summed E-state index contributed by atoms with van der Waals surface area (Å²) in [6, 6.07) is 4.47. The lowest BCUT2D eigenvalue weighted by atomic mass is 9.90. The number of nitrogens with zero attached hydrogens (tertiary/aromatic N) is 1. The Morgan fingerprint density at radius 3 is 2.30 bits per heavy atom. The average molecular weight is 428 g/mol. The van der Waals surface area contributed by atoms with E-state index in [1.807, 2.05) is 6.92 Å². The number of hydrogen-bond acceptors (Lipinski definition) is 3. The standard InChI is InChI=1S/C21H21F5N2O2/c1-4-6-18(30)28-17-10-14(9-16(11-29)27-17)19-12(3)7-15(8-13(19)5-2)20(22,23)21(24,25)26/h7-11H,4-6H2,1-3H3,(H,27,28,30). The van der Waals surface area contributed by atoms with Crippen molar-refractivity contribution in [3.05, 3.63) is 46.6 Å². The van der Waals surface area contributed by atoms with Crippen molar-refractivity contribution in [2.75, 3.05) is 5.32 Å². The highest BCUT2D eigenvalue weighted by atomic mass is 19.4. The van der Waals surface area contributed by atoms with Crippen LogP contribution in [0.3, 0.4) is 0 Å². The minimum absolute atomic E-state index is 0.00884. The Balaban J connectivity index is 2.63. The Kier molecular flexibility index (Phi) is 6.95. The maximum atomic E-state index is 13.9. The first-order chi connectivity index (χ1) is 13.9. The van der Waals surface area contributed by atoms with Crippen molar-refractivity contribution in [3.8, 4) is 11.1 Å². The summed E-state index contributed by atoms with van der Waals surface area (Å²) in [6.45, 7) is 4.86. The fourth-order valence-electron chi connectivity index (χ4n) is 3.15. The monoisotopic (exact) mass is 428 g/mol. The zero-order valence-corrected chi connectivity index (χ0v) is 16.7. The second-order valence-corrected chi connectivity index (χ2v) is 6.83. The normalized spacial score (nSPS) is 12.0. The van der Waals surface area contributed by atoms with Gasteiger partial charge < -0.3 is 5.32 Å². The van der Waals surface area contributed by atoms with Gasteiger partial charge in [0.1, 0.15) is 11.5 Å². The molecular formula is C21H21F5N2O2. The van der Waals surface area contributed by atoms with Crippen molar-refractivity contribution in [1.29, 1.82) is 0 Å². The maximum absolute atomic E-state index is 13.9. The van der Waals surface area contributed by atoms with E-state index in [1.165, 1.54) is 19.1 Å². The summed E-state index contributed by atoms with van der Waals surface area (Å²) in [7, 11) is 0. The van der Waals surface area contributed by atoms with E-state index < -0.39 is 17.7 Å². The first-order valence-corrected chi connectivity index (χ1v) is 9.30. The van der Waals surface area contributed by atoms with Gasteiger partial charge in [0.15, 0.2) is 6.29 Å². The number of rotatable bonds is 7. The third kappa shape index (κ3) is 4.83. The fraction of sp³-hybridized carbons (Fsp3) is 0.381. The number of aromatic nitrogens is 1. The minimum Gasteiger partial charge on any atom is -0.311 e. The number of carbonyl (C=O) groups is 2. The lowest BCUT2D eigenvalue weighted by Gasteiger charge is -2.23. The molecule has 1 heterocycles. The molecule has 0 aliphatic carbocycles. The topological polar surface area (TPSA) is 59.1 Å². The molecule has 0 saturated heterocycles. The number of amides is 1. The number of anilines is 1. The summed E-state index contributed by atoms with van der Waals surface area (Å²) in [5.74, 6) is -5.21. The number of hydrogen-bond donors (Lipinski definition) is 1. The minimum atomic E-state index is -5.72. The van der Waals surface area contributed by atoms with Gasteiger partial charge in [0.25, 0.3) is 0 Å². The summed E-state index contributed by atoms with van der Waals surface area (Å²) < 4.78 is 66.2. The number of nitrogens with one attached hydrogen (secondary N) is 1. The lowest BCUT2D eigenvalue weighted by molar-refractivity contribution is -0.289. The van der Waals surface area contributed by atoms with Gasteiger partial charge in [-0.2, -0.15) is 22.0 Å². The molecule has 0 atom stereocenters. The Labute approximate surface area is 170 Å². The first kappa shape index (κ1) is 23.4. The van der Waals surface area contributed by atoms with Gasteiger partial charge in [-0.25, -0.2) is 4.98 Å². The number of aldehydes is 1. The number of carbonyl (C=O) groups excluding carboxylic acids is 2. The summed E-state index contributed by atoms with van der Waals surface area (Å²) >= 11 is 0. The second kappa shape index (κ2) is 8.89. The van der Waals surface area contributed by atoms with Gasteiger partial charge in [-0.15, -0.1) is 0 Å². The molecule has 162 valence electrons. The molecule has 2 aromatic rings. The zero-order chi connectivity index (χ0) is 22.7. The number of halogens is 5. The fourth-order valence-corrected chi connectivity index (χ4v) is 3.15. The molecule has 0 spiro atoms. The second-order valence-electron chi connectivity index (χ2n) is 6.83. The molecule has 1 aromatic carbocycles. The molecule has 0 fully saturated rings. The third-order valence-electron chi connectivity index (χ3n) is 4.52. The van der Waals surface area contributed by atoms with Crippen LogP contribution in [-0.4, -0.2) is 23.4 Å². The van der Waals surface area contributed by atoms with Crippen LogP contribution >= 0.6 is 0 Å². The summed E-state index contributed by atoms with van der Waals surface area (Å²) in [5.41, 5.74) is 0.0792. The molecular weight excluding hydrogens is 407 g/mol. The van der Waals surface area contributed by atoms with Crippen molar-refractivity contribution >= 4 is 18.0 Å². The molecule has 0 unspecified atom stereocenters. The summed E-state index contributed by atoms with van der Waals surface area (Å²) in [5, 5.41) is 2.56. The molecule has 1 aromatic heterocycles. The average Bonchev–Trinajstić information content (AvgIpc) is 2.66. The van der Waals surface area contributed by atoms with Crippen molar-refractivity contribution in [2.45, 2.75) is 52.1 Å². The van der Waals surface area contributed by atoms with Crippen LogP contribution in [0.2, 0.25) is 0 Å². The van der Waals surface area contributed by atoms with E-state index in [4.69, 9.17) is 0 Å². The number of pyridine rings is 1. The molecule has 0 bridgehead atoms. The van der Waals surface area contributed by atoms with Crippen LogP contribution in [0.25, 0.3) is 11.1 Å². The molecule has 9 heteroatoms. The predicted molar refractivity (Wildman–Crippen MR) is 103 cm³/mol. The largest absolute Gasteiger partial charge is 0.458 e. The van der Waals surface area contributed by atoms with Gasteiger partial charge in [-0.1, -0.05) is 13.8 Å². The molecule has 0 aliphatic rings. The van der Waals surface area contributed by atoms with Crippen molar-refractivity contribution in [1.82, 2.24) is 4.98 Å². The molecule has 0 radical (unpaired) electrons. The SMILES string of the molecule is CCCC(=O)Nc1cc(-c2c(C)cc(C(F)(F)C(F)(F)F)cc2CC)cc(C=O)n1. The van der Waals surface area contributed by atoms with Crippen LogP contribution in [0.5, 0.6) is 0 Å². The van der Waals surface area contributed by atoms with Crippen molar-refractivity contribution < 1.29 is 31.5 Å². The van der Waals surface area contributed by atoms with Gasteiger partial charge in [0, 0.05) is 12.0 Å². The van der Waals surface area contributed by atoms with E-state index >= 15 is 0 Å². The molecule has 1 N–H and O–H groups in total. The zero-order valence-electron chi connectivity index (χ0n) is 16.7. The van der Waals surface area contributed by atoms with E-state index in [-0.39, 0.29) is 41.4 Å². The van der Waals surface area contributed by atoms with Crippen molar-refractivity contribution in [3.63, 3.8) is 0 Å². The maximum Gasteiger partial charge on any atom is 0.458 e. The highest BCUT2D eigenvalue weighted by Gasteiger charge is 2.58. The van der Waals surface area contributed by atoms with Gasteiger partial charge >= 0.3 is 12.1 Å². The van der Waals surface area contributed by atoms with Gasteiger partial charge in [-0.3, -0.25) is 9.59 Å². The van der Waals surface area contributed by atoms with E-state index in [0.29, 0.717) is 23.8 Å². The molecule has 4 nitrogen and oxygen atoms in total. The van der Waals surface area contributed by atoms with E-state index in [0.717, 1.165) is 12.1 Å². The van der Waals surface area contributed by atoms with E-state index in [1.54, 1.807) is 6.92 Å². The first-order valence-electron chi connectivity index (χ1n) is 9.30. The van der Waals surface area contributed by atoms with Crippen LogP contribution in [0.4, 0.5) is 27.8 Å². The Hall–Kier alpha value is -2.84. The Morgan fingerprint density at radius 1 is 1.10 bits per heavy atom. The molecule has 1 amide bonds. The van der Waals surface area contributed by atoms with Gasteiger partial charge in [0.2, 0.25) is 5.91 Å². The number of alkyl halides is 5. The van der Waals surface area contributed by atoms with Gasteiger partial charge in [0.05, 0.1) is 0 Å². The summed E-state index contributed by atoms with van der Waals surface area (Å²) in [4.78, 5) is 27.2. The Morgan fingerprint density at radius 2 is 1.77 bits per heavy atom. The van der Waals surface area contributed by atoms with Gasteiger partial charge in [-0.05, 0) is 66.3 Å². The molecule has 0 saturated carbocycles. The highest BCUT2D eigenvalue weighted by Crippen LogP contribution is 2.45. The van der Waals surface area contributed by atoms with Crippen LogP contribution in [0, 0.1) is 6.92 Å². The van der Waals surface area contributed by atoms with Crippen molar-refractivity contribution in [2.24, 2.45) is 0 Å². The molecule has 0 aliphatic heterocycles. The third-order valence-corrected chi connectivity index (χ3v) is 4.52. The quantitative estimate of drug-likeness (QED) is 0.446. The van der Waals surface area contributed by atoms with E-state index in [9.17, 15) is 31.5 Å². The molecule has 30 heavy (non-hydrogen) atoms. The molecule has 2 rings (SSSR count). The van der Waals surface area contributed by atoms with E-state index in [2.05, 4.69) is 10.3 Å². The van der Waals surface area contributed by atoms with Crippen LogP contribution in [-0.2, 0) is 17.1 Å².